The summed E-state index contributed by atoms with van der Waals surface area (Å²) in [7, 11) is 0. The third kappa shape index (κ3) is 3.18. The Morgan fingerprint density at radius 3 is 2.63 bits per heavy atom. The van der Waals surface area contributed by atoms with Gasteiger partial charge in [-0.15, -0.1) is 0 Å². The molecule has 0 aliphatic carbocycles. The number of nitrogens with one attached hydrogen (secondary N) is 2. The number of benzene rings is 2. The summed E-state index contributed by atoms with van der Waals surface area (Å²) in [4.78, 5) is 28.9. The third-order valence-corrected chi connectivity index (χ3v) is 5.17. The first-order chi connectivity index (χ1) is 14.7. The Labute approximate surface area is 172 Å². The molecule has 0 aliphatic rings. The Bertz CT molecular complexity index is 1410. The van der Waals surface area contributed by atoms with E-state index in [9.17, 15) is 4.79 Å². The van der Waals surface area contributed by atoms with Gasteiger partial charge in [-0.2, -0.15) is 0 Å². The normalized spacial score (nSPS) is 12.2. The Balaban J connectivity index is 1.65. The molecule has 0 saturated heterocycles. The quantitative estimate of drug-likeness (QED) is 0.462. The van der Waals surface area contributed by atoms with E-state index in [1.54, 1.807) is 6.20 Å². The summed E-state index contributed by atoms with van der Waals surface area (Å²) in [6, 6.07) is 21.7. The number of anilines is 1. The van der Waals surface area contributed by atoms with Crippen LogP contribution >= 0.6 is 0 Å². The summed E-state index contributed by atoms with van der Waals surface area (Å²) >= 11 is 0. The van der Waals surface area contributed by atoms with Gasteiger partial charge in [-0.05, 0) is 19.1 Å². The van der Waals surface area contributed by atoms with E-state index in [4.69, 9.17) is 4.98 Å². The Morgan fingerprint density at radius 1 is 0.967 bits per heavy atom. The fraction of sp³-hybridized carbons (Fsp3) is 0.0833. The second-order valence-electron chi connectivity index (χ2n) is 7.14. The average Bonchev–Trinajstić information content (AvgIpc) is 2.79. The van der Waals surface area contributed by atoms with Gasteiger partial charge in [-0.3, -0.25) is 4.79 Å². The molecule has 2 N–H and O–H groups in total. The molecule has 0 fully saturated rings. The molecule has 5 aromatic rings. The molecule has 0 radical (unpaired) electrons. The predicted molar refractivity (Wildman–Crippen MR) is 119 cm³/mol. The number of para-hydroxylation sites is 1. The molecular weight excluding hydrogens is 374 g/mol. The van der Waals surface area contributed by atoms with Crippen LogP contribution in [0.5, 0.6) is 0 Å². The molecule has 0 spiro atoms. The van der Waals surface area contributed by atoms with E-state index >= 15 is 0 Å². The summed E-state index contributed by atoms with van der Waals surface area (Å²) in [5.74, 6) is 0.501. The highest BCUT2D eigenvalue weighted by Crippen LogP contribution is 2.31. The first-order valence-electron chi connectivity index (χ1n) is 9.75. The van der Waals surface area contributed by atoms with Crippen molar-refractivity contribution in [3.63, 3.8) is 0 Å². The van der Waals surface area contributed by atoms with Crippen molar-refractivity contribution in [3.05, 3.63) is 95.0 Å². The van der Waals surface area contributed by atoms with Crippen LogP contribution in [0.3, 0.4) is 0 Å². The van der Waals surface area contributed by atoms with E-state index < -0.39 is 0 Å². The molecule has 2 aromatic carbocycles. The van der Waals surface area contributed by atoms with Crippen LogP contribution in [0.1, 0.15) is 18.5 Å². The van der Waals surface area contributed by atoms with Crippen molar-refractivity contribution in [2.45, 2.75) is 13.0 Å². The van der Waals surface area contributed by atoms with E-state index in [1.807, 2.05) is 43.3 Å². The third-order valence-electron chi connectivity index (χ3n) is 5.17. The van der Waals surface area contributed by atoms with E-state index in [-0.39, 0.29) is 11.5 Å². The number of fused-ring (bicyclic) bond motifs is 2. The van der Waals surface area contributed by atoms with Crippen LogP contribution in [-0.4, -0.2) is 19.9 Å². The van der Waals surface area contributed by atoms with Gasteiger partial charge in [0.05, 0.1) is 17.3 Å². The highest BCUT2D eigenvalue weighted by Gasteiger charge is 2.17. The number of rotatable bonds is 4. The summed E-state index contributed by atoms with van der Waals surface area (Å²) in [5, 5.41) is 4.91. The number of aromatic nitrogens is 4. The number of hydrogen-bond donors (Lipinski definition) is 2. The van der Waals surface area contributed by atoms with Gasteiger partial charge in [0.25, 0.3) is 0 Å². The lowest BCUT2D eigenvalue weighted by atomic mass is 9.98. The van der Waals surface area contributed by atoms with Gasteiger partial charge < -0.3 is 10.3 Å². The van der Waals surface area contributed by atoms with Gasteiger partial charge in [-0.25, -0.2) is 15.0 Å². The van der Waals surface area contributed by atoms with Gasteiger partial charge >= 0.3 is 0 Å². The number of hydrogen-bond acceptors (Lipinski definition) is 5. The first kappa shape index (κ1) is 18.0. The summed E-state index contributed by atoms with van der Waals surface area (Å²) in [5.41, 5.74) is 4.29. The van der Waals surface area contributed by atoms with E-state index in [2.05, 4.69) is 44.5 Å². The maximum Gasteiger partial charge on any atom is 0.194 e. The lowest BCUT2D eigenvalue weighted by Crippen LogP contribution is -2.14. The highest BCUT2D eigenvalue weighted by molar-refractivity contribution is 5.87. The van der Waals surface area contributed by atoms with Crippen molar-refractivity contribution < 1.29 is 0 Å². The van der Waals surface area contributed by atoms with Gasteiger partial charge in [0, 0.05) is 28.8 Å². The largest absolute Gasteiger partial charge is 0.363 e. The fourth-order valence-corrected chi connectivity index (χ4v) is 3.69. The molecule has 3 heterocycles. The Morgan fingerprint density at radius 2 is 1.77 bits per heavy atom. The monoisotopic (exact) mass is 393 g/mol. The Kier molecular flexibility index (Phi) is 4.44. The van der Waals surface area contributed by atoms with E-state index in [1.165, 1.54) is 12.4 Å². The molecule has 0 unspecified atom stereocenters. The van der Waals surface area contributed by atoms with Crippen molar-refractivity contribution in [1.82, 2.24) is 19.9 Å². The predicted octanol–water partition coefficient (Wildman–Crippen LogP) is 4.71. The van der Waals surface area contributed by atoms with Gasteiger partial charge in [0.15, 0.2) is 5.43 Å². The molecule has 6 nitrogen and oxygen atoms in total. The van der Waals surface area contributed by atoms with Crippen LogP contribution in [0.4, 0.5) is 5.82 Å². The lowest BCUT2D eigenvalue weighted by molar-refractivity contribution is 0.873. The minimum atomic E-state index is -0.144. The van der Waals surface area contributed by atoms with Crippen LogP contribution in [0, 0.1) is 0 Å². The van der Waals surface area contributed by atoms with Crippen LogP contribution in [0.15, 0.2) is 84.0 Å². The molecule has 0 aliphatic heterocycles. The van der Waals surface area contributed by atoms with Crippen molar-refractivity contribution in [1.29, 1.82) is 0 Å². The minimum absolute atomic E-state index is 0.126. The van der Waals surface area contributed by atoms with Gasteiger partial charge in [-0.1, -0.05) is 48.5 Å². The second-order valence-corrected chi connectivity index (χ2v) is 7.14. The number of nitrogens with zero attached hydrogens (tertiary/aromatic N) is 3. The molecule has 5 rings (SSSR count). The zero-order chi connectivity index (χ0) is 20.5. The van der Waals surface area contributed by atoms with Crippen molar-refractivity contribution in [2.24, 2.45) is 0 Å². The molecule has 1 atom stereocenters. The average molecular weight is 393 g/mol. The Hall–Kier alpha value is -4.06. The fourth-order valence-electron chi connectivity index (χ4n) is 3.69. The second kappa shape index (κ2) is 7.40. The number of H-pyrrole nitrogens is 1. The SMILES string of the molecule is C[C@@H](Nc1ncnc2[nH]ccc(=O)c12)c1cc2ccccc2nc1-c1ccccc1. The number of aromatic amines is 1. The maximum atomic E-state index is 12.4. The molecule has 0 amide bonds. The highest BCUT2D eigenvalue weighted by atomic mass is 16.1. The maximum absolute atomic E-state index is 12.4. The molecule has 0 saturated carbocycles. The zero-order valence-electron chi connectivity index (χ0n) is 16.3. The van der Waals surface area contributed by atoms with Gasteiger partial charge in [0.1, 0.15) is 23.2 Å². The first-order valence-corrected chi connectivity index (χ1v) is 9.75. The van der Waals surface area contributed by atoms with E-state index in [0.29, 0.717) is 16.9 Å². The van der Waals surface area contributed by atoms with Crippen molar-refractivity contribution in [2.75, 3.05) is 5.32 Å². The minimum Gasteiger partial charge on any atom is -0.363 e. The summed E-state index contributed by atoms with van der Waals surface area (Å²) in [6.45, 7) is 2.04. The van der Waals surface area contributed by atoms with Crippen LogP contribution in [0.2, 0.25) is 0 Å². The standard InChI is InChI=1S/C24H19N5O/c1-15(28-24-21-20(30)11-12-25-23(21)26-14-27-24)18-13-17-9-5-6-10-19(17)29-22(18)16-7-3-2-4-8-16/h2-15H,1H3,(H2,25,26,27,28,30)/t15-/m1/s1. The lowest BCUT2D eigenvalue weighted by Gasteiger charge is -2.19. The van der Waals surface area contributed by atoms with Crippen molar-refractivity contribution >= 4 is 27.8 Å². The van der Waals surface area contributed by atoms with Crippen LogP contribution in [0.25, 0.3) is 33.2 Å². The number of pyridine rings is 2. The molecule has 146 valence electrons. The smallest absolute Gasteiger partial charge is 0.194 e. The summed E-state index contributed by atoms with van der Waals surface area (Å²) in [6.07, 6.45) is 3.04. The molecule has 3 aromatic heterocycles. The van der Waals surface area contributed by atoms with E-state index in [0.717, 1.165) is 27.7 Å². The summed E-state index contributed by atoms with van der Waals surface area (Å²) < 4.78 is 0. The van der Waals surface area contributed by atoms with Gasteiger partial charge in [0.2, 0.25) is 0 Å². The molecule has 6 heteroatoms. The van der Waals surface area contributed by atoms with Crippen LogP contribution in [-0.2, 0) is 0 Å². The molecule has 0 bridgehead atoms. The van der Waals surface area contributed by atoms with Crippen LogP contribution < -0.4 is 10.7 Å². The van der Waals surface area contributed by atoms with Crippen molar-refractivity contribution in [3.8, 4) is 11.3 Å². The molecule has 30 heavy (non-hydrogen) atoms. The zero-order valence-corrected chi connectivity index (χ0v) is 16.3. The molecular formula is C24H19N5O. The topological polar surface area (TPSA) is 83.6 Å².